The number of rotatable bonds is 4. The second-order valence-corrected chi connectivity index (χ2v) is 6.60. The first-order valence-electron chi connectivity index (χ1n) is 7.22. The third-order valence-electron chi connectivity index (χ3n) is 3.55. The molecule has 4 nitrogen and oxygen atoms in total. The molecule has 118 valence electrons. The van der Waals surface area contributed by atoms with Gasteiger partial charge in [0.15, 0.2) is 5.11 Å². The molecule has 0 aliphatic heterocycles. The van der Waals surface area contributed by atoms with Crippen LogP contribution in [-0.2, 0) is 13.1 Å². The van der Waals surface area contributed by atoms with E-state index in [9.17, 15) is 0 Å². The number of halogens is 1. The zero-order valence-electron chi connectivity index (χ0n) is 13.4. The van der Waals surface area contributed by atoms with E-state index in [0.717, 1.165) is 22.4 Å². The van der Waals surface area contributed by atoms with Crippen LogP contribution in [0.25, 0.3) is 0 Å². The van der Waals surface area contributed by atoms with E-state index < -0.39 is 0 Å². The van der Waals surface area contributed by atoms with Crippen LogP contribution in [0.1, 0.15) is 23.7 Å². The van der Waals surface area contributed by atoms with Crippen molar-refractivity contribution in [3.05, 3.63) is 45.7 Å². The molecular weight excluding hydrogens is 360 g/mol. The fourth-order valence-corrected chi connectivity index (χ4v) is 2.87. The van der Waals surface area contributed by atoms with Gasteiger partial charge in [-0.05, 0) is 60.5 Å². The molecule has 1 heterocycles. The number of aromatic nitrogens is 2. The van der Waals surface area contributed by atoms with Crippen LogP contribution in [-0.4, -0.2) is 26.8 Å². The third kappa shape index (κ3) is 3.87. The van der Waals surface area contributed by atoms with Crippen molar-refractivity contribution in [1.82, 2.24) is 14.7 Å². The van der Waals surface area contributed by atoms with Crippen molar-refractivity contribution >= 4 is 38.9 Å². The Bertz CT molecular complexity index is 681. The summed E-state index contributed by atoms with van der Waals surface area (Å²) in [5.74, 6) is 0. The molecule has 0 radical (unpaired) electrons. The van der Waals surface area contributed by atoms with E-state index >= 15 is 0 Å². The Morgan fingerprint density at radius 3 is 2.77 bits per heavy atom. The SMILES string of the molecule is CCn1ncc(Br)c1CN(C)C(=S)Nc1ccc(C)cc1C. The molecule has 0 saturated carbocycles. The molecule has 0 aliphatic carbocycles. The molecule has 22 heavy (non-hydrogen) atoms. The van der Waals surface area contributed by atoms with Crippen LogP contribution < -0.4 is 5.32 Å². The lowest BCUT2D eigenvalue weighted by Crippen LogP contribution is -2.31. The van der Waals surface area contributed by atoms with Crippen LogP contribution in [0.4, 0.5) is 5.69 Å². The lowest BCUT2D eigenvalue weighted by molar-refractivity contribution is 0.470. The molecule has 1 aromatic heterocycles. The predicted octanol–water partition coefficient (Wildman–Crippen LogP) is 4.11. The lowest BCUT2D eigenvalue weighted by Gasteiger charge is -2.22. The summed E-state index contributed by atoms with van der Waals surface area (Å²) in [5, 5.41) is 8.35. The van der Waals surface area contributed by atoms with Gasteiger partial charge in [0.25, 0.3) is 0 Å². The van der Waals surface area contributed by atoms with Gasteiger partial charge in [0.05, 0.1) is 22.9 Å². The number of hydrogen-bond donors (Lipinski definition) is 1. The molecule has 0 spiro atoms. The van der Waals surface area contributed by atoms with Gasteiger partial charge in [-0.25, -0.2) is 0 Å². The number of hydrogen-bond acceptors (Lipinski definition) is 2. The fourth-order valence-electron chi connectivity index (χ4n) is 2.28. The maximum absolute atomic E-state index is 5.52. The quantitative estimate of drug-likeness (QED) is 0.808. The van der Waals surface area contributed by atoms with E-state index in [4.69, 9.17) is 12.2 Å². The third-order valence-corrected chi connectivity index (χ3v) is 4.63. The van der Waals surface area contributed by atoms with Gasteiger partial charge in [0, 0.05) is 19.3 Å². The van der Waals surface area contributed by atoms with Gasteiger partial charge in [-0.1, -0.05) is 17.7 Å². The van der Waals surface area contributed by atoms with Crippen molar-refractivity contribution in [3.63, 3.8) is 0 Å². The van der Waals surface area contributed by atoms with E-state index in [1.54, 1.807) is 0 Å². The molecule has 0 saturated heterocycles. The van der Waals surface area contributed by atoms with Crippen LogP contribution >= 0.6 is 28.1 Å². The van der Waals surface area contributed by atoms with E-state index in [1.165, 1.54) is 11.1 Å². The highest BCUT2D eigenvalue weighted by atomic mass is 79.9. The van der Waals surface area contributed by atoms with Crippen molar-refractivity contribution in [2.75, 3.05) is 12.4 Å². The monoisotopic (exact) mass is 380 g/mol. The zero-order valence-corrected chi connectivity index (χ0v) is 15.8. The Balaban J connectivity index is 2.07. The van der Waals surface area contributed by atoms with Crippen molar-refractivity contribution in [2.45, 2.75) is 33.9 Å². The first-order chi connectivity index (χ1) is 10.4. The van der Waals surface area contributed by atoms with Crippen LogP contribution in [0.15, 0.2) is 28.9 Å². The summed E-state index contributed by atoms with van der Waals surface area (Å²) in [6.45, 7) is 7.79. The molecule has 0 atom stereocenters. The summed E-state index contributed by atoms with van der Waals surface area (Å²) >= 11 is 9.07. The second-order valence-electron chi connectivity index (χ2n) is 5.36. The molecule has 1 aromatic carbocycles. The van der Waals surface area contributed by atoms with Crippen molar-refractivity contribution in [3.8, 4) is 0 Å². The average molecular weight is 381 g/mol. The Kier molecular flexibility index (Phi) is 5.58. The number of thiocarbonyl (C=S) groups is 1. The Labute approximate surface area is 145 Å². The number of nitrogens with one attached hydrogen (secondary N) is 1. The van der Waals surface area contributed by atoms with E-state index in [1.807, 2.05) is 22.8 Å². The number of anilines is 1. The minimum atomic E-state index is 0.697. The predicted molar refractivity (Wildman–Crippen MR) is 99.2 cm³/mol. The first kappa shape index (κ1) is 17.0. The van der Waals surface area contributed by atoms with Crippen LogP contribution in [0.2, 0.25) is 0 Å². The van der Waals surface area contributed by atoms with E-state index in [-0.39, 0.29) is 0 Å². The number of benzene rings is 1. The van der Waals surface area contributed by atoms with Crippen LogP contribution in [0, 0.1) is 13.8 Å². The lowest BCUT2D eigenvalue weighted by atomic mass is 10.1. The number of nitrogens with zero attached hydrogens (tertiary/aromatic N) is 3. The highest BCUT2D eigenvalue weighted by Crippen LogP contribution is 2.19. The molecule has 2 rings (SSSR count). The summed E-state index contributed by atoms with van der Waals surface area (Å²) in [4.78, 5) is 2.02. The Morgan fingerprint density at radius 2 is 2.14 bits per heavy atom. The van der Waals surface area contributed by atoms with E-state index in [2.05, 4.69) is 65.3 Å². The molecule has 0 fully saturated rings. The molecular formula is C16H21BrN4S. The highest BCUT2D eigenvalue weighted by Gasteiger charge is 2.13. The van der Waals surface area contributed by atoms with Gasteiger partial charge in [-0.3, -0.25) is 4.68 Å². The summed E-state index contributed by atoms with van der Waals surface area (Å²) < 4.78 is 2.98. The molecule has 0 unspecified atom stereocenters. The Morgan fingerprint density at radius 1 is 1.41 bits per heavy atom. The maximum atomic E-state index is 5.52. The number of aryl methyl sites for hydroxylation is 3. The summed E-state index contributed by atoms with van der Waals surface area (Å²) in [6.07, 6.45) is 1.83. The highest BCUT2D eigenvalue weighted by molar-refractivity contribution is 9.10. The minimum absolute atomic E-state index is 0.697. The molecule has 0 aliphatic rings. The van der Waals surface area contributed by atoms with Crippen molar-refractivity contribution in [2.24, 2.45) is 0 Å². The molecule has 0 bridgehead atoms. The molecule has 2 aromatic rings. The van der Waals surface area contributed by atoms with Gasteiger partial charge < -0.3 is 10.2 Å². The first-order valence-corrected chi connectivity index (χ1v) is 8.42. The second kappa shape index (κ2) is 7.24. The summed E-state index contributed by atoms with van der Waals surface area (Å²) in [7, 11) is 1.98. The maximum Gasteiger partial charge on any atom is 0.173 e. The molecule has 6 heteroatoms. The largest absolute Gasteiger partial charge is 0.346 e. The fraction of sp³-hybridized carbons (Fsp3) is 0.375. The van der Waals surface area contributed by atoms with Gasteiger partial charge >= 0.3 is 0 Å². The van der Waals surface area contributed by atoms with Crippen LogP contribution in [0.3, 0.4) is 0 Å². The summed E-state index contributed by atoms with van der Waals surface area (Å²) in [6, 6.07) is 6.30. The topological polar surface area (TPSA) is 33.1 Å². The summed E-state index contributed by atoms with van der Waals surface area (Å²) in [5.41, 5.74) is 4.61. The molecule has 1 N–H and O–H groups in total. The molecule has 0 amide bonds. The smallest absolute Gasteiger partial charge is 0.173 e. The van der Waals surface area contributed by atoms with Crippen LogP contribution in [0.5, 0.6) is 0 Å². The van der Waals surface area contributed by atoms with Crippen molar-refractivity contribution in [1.29, 1.82) is 0 Å². The minimum Gasteiger partial charge on any atom is -0.346 e. The normalized spacial score (nSPS) is 10.6. The van der Waals surface area contributed by atoms with Gasteiger partial charge in [0.1, 0.15) is 0 Å². The zero-order chi connectivity index (χ0) is 16.3. The standard InChI is InChI=1S/C16H21BrN4S/c1-5-21-15(13(17)9-18-21)10-20(4)16(22)19-14-7-6-11(2)8-12(14)3/h6-9H,5,10H2,1-4H3,(H,19,22). The van der Waals surface area contributed by atoms with Crippen molar-refractivity contribution < 1.29 is 0 Å². The van der Waals surface area contributed by atoms with E-state index in [0.29, 0.717) is 11.7 Å². The average Bonchev–Trinajstić information content (AvgIpc) is 2.82. The Hall–Kier alpha value is -1.40. The van der Waals surface area contributed by atoms with Gasteiger partial charge in [-0.2, -0.15) is 5.10 Å². The van der Waals surface area contributed by atoms with Gasteiger partial charge in [0.2, 0.25) is 0 Å². The van der Waals surface area contributed by atoms with Gasteiger partial charge in [-0.15, -0.1) is 0 Å².